The lowest BCUT2D eigenvalue weighted by atomic mass is 10.1. The van der Waals surface area contributed by atoms with Gasteiger partial charge in [0.2, 0.25) is 5.91 Å². The Morgan fingerprint density at radius 2 is 2.42 bits per heavy atom. The fourth-order valence-corrected chi connectivity index (χ4v) is 2.16. The lowest BCUT2D eigenvalue weighted by Crippen LogP contribution is -2.53. The van der Waals surface area contributed by atoms with Gasteiger partial charge in [-0.25, -0.2) is 4.98 Å². The Morgan fingerprint density at radius 3 is 3.26 bits per heavy atom. The van der Waals surface area contributed by atoms with Crippen molar-refractivity contribution in [2.75, 3.05) is 18.5 Å². The Labute approximate surface area is 110 Å². The highest BCUT2D eigenvalue weighted by Gasteiger charge is 2.28. The van der Waals surface area contributed by atoms with E-state index in [-0.39, 0.29) is 18.1 Å². The molecule has 7 nitrogen and oxygen atoms in total. The van der Waals surface area contributed by atoms with E-state index in [0.29, 0.717) is 24.6 Å². The molecule has 0 aromatic carbocycles. The molecule has 0 unspecified atom stereocenters. The third-order valence-electron chi connectivity index (χ3n) is 3.14. The molecular weight excluding hydrogens is 246 g/mol. The van der Waals surface area contributed by atoms with Crippen molar-refractivity contribution in [2.45, 2.75) is 19.1 Å². The van der Waals surface area contributed by atoms with Crippen molar-refractivity contribution in [1.29, 1.82) is 0 Å². The molecule has 0 radical (unpaired) electrons. The van der Waals surface area contributed by atoms with Crippen molar-refractivity contribution in [1.82, 2.24) is 19.9 Å². The van der Waals surface area contributed by atoms with Gasteiger partial charge < -0.3 is 15.4 Å². The number of rotatable bonds is 2. The van der Waals surface area contributed by atoms with E-state index in [4.69, 9.17) is 4.74 Å². The molecule has 1 aliphatic heterocycles. The van der Waals surface area contributed by atoms with E-state index in [1.807, 2.05) is 6.92 Å². The van der Waals surface area contributed by atoms with Crippen LogP contribution in [0.2, 0.25) is 0 Å². The van der Waals surface area contributed by atoms with Gasteiger partial charge in [-0.2, -0.15) is 9.61 Å². The van der Waals surface area contributed by atoms with Crippen LogP contribution in [-0.4, -0.2) is 45.8 Å². The van der Waals surface area contributed by atoms with Crippen LogP contribution in [0, 0.1) is 0 Å². The summed E-state index contributed by atoms with van der Waals surface area (Å²) in [6.07, 6.45) is 3.13. The van der Waals surface area contributed by atoms with Crippen LogP contribution in [0.4, 0.5) is 5.82 Å². The first-order valence-electron chi connectivity index (χ1n) is 6.20. The monoisotopic (exact) mass is 261 g/mol. The number of hydrogen-bond acceptors (Lipinski definition) is 5. The molecule has 0 aliphatic carbocycles. The number of anilines is 1. The zero-order valence-electron chi connectivity index (χ0n) is 10.5. The van der Waals surface area contributed by atoms with Crippen molar-refractivity contribution in [3.8, 4) is 0 Å². The van der Waals surface area contributed by atoms with E-state index >= 15 is 0 Å². The minimum atomic E-state index is -0.354. The summed E-state index contributed by atoms with van der Waals surface area (Å²) < 4.78 is 7.05. The number of aromatic nitrogens is 3. The number of nitrogens with zero attached hydrogens (tertiary/aromatic N) is 3. The Hall–Kier alpha value is -1.99. The van der Waals surface area contributed by atoms with Crippen LogP contribution in [-0.2, 0) is 9.53 Å². The first-order chi connectivity index (χ1) is 9.25. The molecule has 1 aliphatic rings. The normalized spacial score (nSPS) is 23.4. The third kappa shape index (κ3) is 2.29. The minimum Gasteiger partial charge on any atom is -0.375 e. The average Bonchev–Trinajstić information content (AvgIpc) is 2.88. The van der Waals surface area contributed by atoms with Crippen LogP contribution in [0.15, 0.2) is 24.5 Å². The zero-order valence-corrected chi connectivity index (χ0v) is 10.5. The fraction of sp³-hybridized carbons (Fsp3) is 0.417. The Balaban J connectivity index is 1.80. The summed E-state index contributed by atoms with van der Waals surface area (Å²) in [4.78, 5) is 16.4. The predicted octanol–water partition coefficient (Wildman–Crippen LogP) is 0.0447. The first kappa shape index (κ1) is 12.1. The van der Waals surface area contributed by atoms with E-state index in [2.05, 4.69) is 20.7 Å². The number of ether oxygens (including phenoxy) is 1. The molecule has 2 aromatic heterocycles. The van der Waals surface area contributed by atoms with Crippen LogP contribution in [0.1, 0.15) is 6.92 Å². The lowest BCUT2D eigenvalue weighted by molar-refractivity contribution is -0.123. The minimum absolute atomic E-state index is 0.129. The van der Waals surface area contributed by atoms with Crippen LogP contribution in [0.25, 0.3) is 5.65 Å². The predicted molar refractivity (Wildman–Crippen MR) is 68.8 cm³/mol. The number of nitrogens with one attached hydrogen (secondary N) is 2. The summed E-state index contributed by atoms with van der Waals surface area (Å²) in [7, 11) is 0. The van der Waals surface area contributed by atoms with E-state index in [9.17, 15) is 4.79 Å². The highest BCUT2D eigenvalue weighted by atomic mass is 16.5. The van der Waals surface area contributed by atoms with Gasteiger partial charge in [-0.05, 0) is 13.0 Å². The van der Waals surface area contributed by atoms with Gasteiger partial charge in [-0.15, -0.1) is 0 Å². The van der Waals surface area contributed by atoms with Gasteiger partial charge in [-0.3, -0.25) is 4.79 Å². The fourth-order valence-electron chi connectivity index (χ4n) is 2.16. The van der Waals surface area contributed by atoms with Gasteiger partial charge >= 0.3 is 0 Å². The molecule has 0 spiro atoms. The molecule has 1 amide bonds. The number of fused-ring (bicyclic) bond motifs is 1. The summed E-state index contributed by atoms with van der Waals surface area (Å²) in [5, 5.41) is 10.1. The molecule has 2 N–H and O–H groups in total. The summed E-state index contributed by atoms with van der Waals surface area (Å²) in [5.74, 6) is 0.467. The van der Waals surface area contributed by atoms with Gasteiger partial charge in [0.15, 0.2) is 5.65 Å². The molecule has 3 heterocycles. The quantitative estimate of drug-likeness (QED) is 0.798. The number of carbonyl (C=O) groups is 1. The van der Waals surface area contributed by atoms with Gasteiger partial charge in [0.25, 0.3) is 0 Å². The van der Waals surface area contributed by atoms with Gasteiger partial charge in [0.1, 0.15) is 11.9 Å². The van der Waals surface area contributed by atoms with Crippen molar-refractivity contribution in [2.24, 2.45) is 0 Å². The molecule has 2 aromatic rings. The highest BCUT2D eigenvalue weighted by molar-refractivity contribution is 5.94. The van der Waals surface area contributed by atoms with E-state index < -0.39 is 0 Å². The zero-order chi connectivity index (χ0) is 13.2. The largest absolute Gasteiger partial charge is 0.375 e. The maximum Gasteiger partial charge on any atom is 0.245 e. The molecule has 7 heteroatoms. The maximum atomic E-state index is 12.2. The number of amides is 1. The molecular formula is C12H15N5O2. The van der Waals surface area contributed by atoms with Crippen molar-refractivity contribution in [3.63, 3.8) is 0 Å². The summed E-state index contributed by atoms with van der Waals surface area (Å²) in [6.45, 7) is 3.19. The lowest BCUT2D eigenvalue weighted by Gasteiger charge is -2.29. The number of carbonyl (C=O) groups excluding carboxylic acids is 1. The van der Waals surface area contributed by atoms with Crippen molar-refractivity contribution >= 4 is 17.4 Å². The maximum absolute atomic E-state index is 12.2. The van der Waals surface area contributed by atoms with E-state index in [1.165, 1.54) is 0 Å². The van der Waals surface area contributed by atoms with Gasteiger partial charge in [-0.1, -0.05) is 0 Å². The van der Waals surface area contributed by atoms with Gasteiger partial charge in [0, 0.05) is 18.8 Å². The van der Waals surface area contributed by atoms with Crippen LogP contribution >= 0.6 is 0 Å². The Morgan fingerprint density at radius 1 is 1.53 bits per heavy atom. The van der Waals surface area contributed by atoms with Crippen molar-refractivity contribution < 1.29 is 9.53 Å². The molecule has 1 fully saturated rings. The second-order valence-electron chi connectivity index (χ2n) is 4.43. The Bertz CT molecular complexity index is 597. The first-order valence-corrected chi connectivity index (χ1v) is 6.20. The summed E-state index contributed by atoms with van der Waals surface area (Å²) in [6, 6.07) is 3.14. The second-order valence-corrected chi connectivity index (χ2v) is 4.43. The second kappa shape index (κ2) is 4.94. The van der Waals surface area contributed by atoms with Crippen molar-refractivity contribution in [3.05, 3.63) is 24.5 Å². The summed E-state index contributed by atoms with van der Waals surface area (Å²) in [5.41, 5.74) is 0.693. The van der Waals surface area contributed by atoms with E-state index in [0.717, 1.165) is 0 Å². The number of morpholine rings is 1. The Kier molecular flexibility index (Phi) is 3.14. The molecule has 0 bridgehead atoms. The summed E-state index contributed by atoms with van der Waals surface area (Å²) >= 11 is 0. The van der Waals surface area contributed by atoms with Crippen LogP contribution < -0.4 is 10.6 Å². The molecule has 3 rings (SSSR count). The highest BCUT2D eigenvalue weighted by Crippen LogP contribution is 2.11. The number of hydrogen-bond donors (Lipinski definition) is 2. The van der Waals surface area contributed by atoms with E-state index in [1.54, 1.807) is 29.0 Å². The van der Waals surface area contributed by atoms with Crippen LogP contribution in [0.3, 0.4) is 0 Å². The molecule has 0 saturated carbocycles. The molecule has 2 atom stereocenters. The topological polar surface area (TPSA) is 80.5 Å². The smallest absolute Gasteiger partial charge is 0.245 e. The SMILES string of the molecule is C[C@H]1OCCN[C@@H]1C(=O)Nc1ccnc2ccnn12. The van der Waals surface area contributed by atoms with Crippen LogP contribution in [0.5, 0.6) is 0 Å². The molecule has 100 valence electrons. The third-order valence-corrected chi connectivity index (χ3v) is 3.14. The van der Waals surface area contributed by atoms with Gasteiger partial charge in [0.05, 0.1) is 18.9 Å². The molecule has 1 saturated heterocycles. The molecule has 19 heavy (non-hydrogen) atoms. The standard InChI is InChI=1S/C12H15N5O2/c1-8-11(14-6-7-19-8)12(18)16-10-2-4-13-9-3-5-15-17(9)10/h2-5,8,11,14H,6-7H2,1H3,(H,16,18)/t8-,11+/m1/s1. The average molecular weight is 261 g/mol.